The van der Waals surface area contributed by atoms with E-state index in [4.69, 9.17) is 16.3 Å². The number of ether oxygens (including phenoxy) is 1. The first-order valence-electron chi connectivity index (χ1n) is 5.99. The van der Waals surface area contributed by atoms with Crippen LogP contribution < -0.4 is 0 Å². The van der Waals surface area contributed by atoms with Crippen molar-refractivity contribution in [2.45, 2.75) is 20.0 Å². The van der Waals surface area contributed by atoms with Crippen LogP contribution in [0.3, 0.4) is 0 Å². The van der Waals surface area contributed by atoms with E-state index in [1.807, 2.05) is 44.2 Å². The predicted octanol–water partition coefficient (Wildman–Crippen LogP) is 4.17. The molecule has 1 heterocycles. The summed E-state index contributed by atoms with van der Waals surface area (Å²) >= 11 is 8.28. The van der Waals surface area contributed by atoms with Crippen LogP contribution in [-0.4, -0.2) is 16.6 Å². The zero-order valence-electron chi connectivity index (χ0n) is 10.7. The predicted molar refractivity (Wildman–Crippen MR) is 84.4 cm³/mol. The maximum absolute atomic E-state index is 6.14. The first-order valence-corrected chi connectivity index (χ1v) is 7.45. The number of benzene rings is 1. The third-order valence-corrected chi connectivity index (χ3v) is 4.55. The van der Waals surface area contributed by atoms with E-state index in [9.17, 15) is 0 Å². The van der Waals surface area contributed by atoms with E-state index in [0.29, 0.717) is 17.6 Å². The van der Waals surface area contributed by atoms with Crippen LogP contribution in [0.25, 0.3) is 0 Å². The van der Waals surface area contributed by atoms with Gasteiger partial charge in [-0.3, -0.25) is 0 Å². The van der Waals surface area contributed by atoms with Gasteiger partial charge in [0.05, 0.1) is 9.26 Å². The van der Waals surface area contributed by atoms with Crippen molar-refractivity contribution in [3.05, 3.63) is 56.1 Å². The Morgan fingerprint density at radius 2 is 1.95 bits per heavy atom. The first kappa shape index (κ1) is 14.7. The van der Waals surface area contributed by atoms with Crippen molar-refractivity contribution >= 4 is 34.2 Å². The van der Waals surface area contributed by atoms with Crippen LogP contribution in [-0.2, 0) is 4.74 Å². The summed E-state index contributed by atoms with van der Waals surface area (Å²) in [5.41, 5.74) is 1.90. The summed E-state index contributed by atoms with van der Waals surface area (Å²) in [5.74, 6) is 0.607. The molecule has 5 heteroatoms. The zero-order valence-corrected chi connectivity index (χ0v) is 13.6. The van der Waals surface area contributed by atoms with Crippen molar-refractivity contribution < 1.29 is 4.74 Å². The molecular formula is C14H14ClIN2O. The lowest BCUT2D eigenvalue weighted by atomic mass is 10.1. The molecule has 2 rings (SSSR count). The standard InChI is InChI=1S/C14H14ClIN2O/c1-3-19-12(10-7-5-4-6-8-10)14-17-9(2)11(16)13(15)18-14/h4-8,12H,3H2,1-2H3. The molecule has 1 unspecified atom stereocenters. The minimum atomic E-state index is -0.278. The summed E-state index contributed by atoms with van der Waals surface area (Å²) in [5, 5.41) is 0.476. The number of nitrogens with zero attached hydrogens (tertiary/aromatic N) is 2. The zero-order chi connectivity index (χ0) is 13.8. The van der Waals surface area contributed by atoms with Gasteiger partial charge in [0.2, 0.25) is 0 Å². The lowest BCUT2D eigenvalue weighted by Crippen LogP contribution is -2.12. The molecule has 0 aliphatic rings. The van der Waals surface area contributed by atoms with Crippen molar-refractivity contribution in [1.82, 2.24) is 9.97 Å². The van der Waals surface area contributed by atoms with Crippen molar-refractivity contribution in [1.29, 1.82) is 0 Å². The fourth-order valence-electron chi connectivity index (χ4n) is 1.78. The van der Waals surface area contributed by atoms with Crippen LogP contribution in [0.2, 0.25) is 5.15 Å². The van der Waals surface area contributed by atoms with Gasteiger partial charge < -0.3 is 4.74 Å². The van der Waals surface area contributed by atoms with Gasteiger partial charge in [-0.2, -0.15) is 0 Å². The molecule has 0 fully saturated rings. The third-order valence-electron chi connectivity index (χ3n) is 2.66. The van der Waals surface area contributed by atoms with Gasteiger partial charge in [0, 0.05) is 6.61 Å². The summed E-state index contributed by atoms with van der Waals surface area (Å²) in [6.45, 7) is 4.47. The largest absolute Gasteiger partial charge is 0.366 e. The molecule has 0 saturated heterocycles. The second-order valence-corrected chi connectivity index (χ2v) is 5.45. The Morgan fingerprint density at radius 1 is 1.26 bits per heavy atom. The van der Waals surface area contributed by atoms with E-state index in [1.165, 1.54) is 0 Å². The Labute approximate surface area is 131 Å². The summed E-state index contributed by atoms with van der Waals surface area (Å²) in [6.07, 6.45) is -0.278. The Morgan fingerprint density at radius 3 is 2.53 bits per heavy atom. The van der Waals surface area contributed by atoms with Crippen molar-refractivity contribution in [2.24, 2.45) is 0 Å². The smallest absolute Gasteiger partial charge is 0.163 e. The molecule has 0 N–H and O–H groups in total. The van der Waals surface area contributed by atoms with Gasteiger partial charge in [-0.05, 0) is 42.0 Å². The van der Waals surface area contributed by atoms with E-state index < -0.39 is 0 Å². The molecule has 0 spiro atoms. The maximum atomic E-state index is 6.14. The number of hydrogen-bond acceptors (Lipinski definition) is 3. The number of hydrogen-bond donors (Lipinski definition) is 0. The van der Waals surface area contributed by atoms with Crippen molar-refractivity contribution in [2.75, 3.05) is 6.61 Å². The molecule has 1 aromatic carbocycles. The highest BCUT2D eigenvalue weighted by Crippen LogP contribution is 2.26. The second-order valence-electron chi connectivity index (χ2n) is 4.02. The lowest BCUT2D eigenvalue weighted by molar-refractivity contribution is 0.0849. The van der Waals surface area contributed by atoms with Crippen LogP contribution in [0.5, 0.6) is 0 Å². The van der Waals surface area contributed by atoms with Gasteiger partial charge >= 0.3 is 0 Å². The summed E-state index contributed by atoms with van der Waals surface area (Å²) < 4.78 is 6.66. The highest BCUT2D eigenvalue weighted by atomic mass is 127. The molecule has 2 aromatic rings. The molecule has 0 amide bonds. The number of aryl methyl sites for hydroxylation is 1. The van der Waals surface area contributed by atoms with E-state index in [0.717, 1.165) is 14.8 Å². The van der Waals surface area contributed by atoms with Crippen LogP contribution in [0.1, 0.15) is 30.1 Å². The van der Waals surface area contributed by atoms with Crippen molar-refractivity contribution in [3.63, 3.8) is 0 Å². The molecule has 100 valence electrons. The van der Waals surface area contributed by atoms with Gasteiger partial charge in [0.1, 0.15) is 11.3 Å². The second kappa shape index (κ2) is 6.63. The van der Waals surface area contributed by atoms with Crippen LogP contribution in [0.4, 0.5) is 0 Å². The Kier molecular flexibility index (Phi) is 5.13. The molecule has 1 atom stereocenters. The number of aromatic nitrogens is 2. The van der Waals surface area contributed by atoms with Crippen molar-refractivity contribution in [3.8, 4) is 0 Å². The minimum absolute atomic E-state index is 0.278. The fraction of sp³-hybridized carbons (Fsp3) is 0.286. The van der Waals surface area contributed by atoms with Crippen LogP contribution in [0.15, 0.2) is 30.3 Å². The normalized spacial score (nSPS) is 12.4. The highest BCUT2D eigenvalue weighted by Gasteiger charge is 2.19. The molecule has 0 bridgehead atoms. The van der Waals surface area contributed by atoms with Crippen LogP contribution >= 0.6 is 34.2 Å². The summed E-state index contributed by atoms with van der Waals surface area (Å²) in [7, 11) is 0. The Balaban J connectivity index is 2.45. The van der Waals surface area contributed by atoms with E-state index in [1.54, 1.807) is 0 Å². The summed E-state index contributed by atoms with van der Waals surface area (Å²) in [4.78, 5) is 8.85. The molecule has 0 aliphatic heterocycles. The minimum Gasteiger partial charge on any atom is -0.366 e. The fourth-order valence-corrected chi connectivity index (χ4v) is 2.24. The van der Waals surface area contributed by atoms with Gasteiger partial charge in [-0.25, -0.2) is 9.97 Å². The van der Waals surface area contributed by atoms with Gasteiger partial charge in [0.15, 0.2) is 5.82 Å². The first-order chi connectivity index (χ1) is 9.13. The van der Waals surface area contributed by atoms with E-state index in [2.05, 4.69) is 32.6 Å². The van der Waals surface area contributed by atoms with Gasteiger partial charge in [0.25, 0.3) is 0 Å². The average molecular weight is 389 g/mol. The topological polar surface area (TPSA) is 35.0 Å². The van der Waals surface area contributed by atoms with E-state index in [-0.39, 0.29) is 6.10 Å². The third kappa shape index (κ3) is 3.43. The quantitative estimate of drug-likeness (QED) is 0.582. The van der Waals surface area contributed by atoms with Gasteiger partial charge in [-0.15, -0.1) is 0 Å². The molecule has 1 aromatic heterocycles. The molecule has 0 saturated carbocycles. The molecular weight excluding hydrogens is 375 g/mol. The molecule has 19 heavy (non-hydrogen) atoms. The number of rotatable bonds is 4. The lowest BCUT2D eigenvalue weighted by Gasteiger charge is -2.17. The van der Waals surface area contributed by atoms with Gasteiger partial charge in [-0.1, -0.05) is 41.9 Å². The average Bonchev–Trinajstić information content (AvgIpc) is 2.42. The number of halogens is 2. The Bertz CT molecular complexity index is 540. The maximum Gasteiger partial charge on any atom is 0.163 e. The SMILES string of the molecule is CCOC(c1ccccc1)c1nc(C)c(I)c(Cl)n1. The highest BCUT2D eigenvalue weighted by molar-refractivity contribution is 14.1. The molecule has 0 radical (unpaired) electrons. The molecule has 0 aliphatic carbocycles. The molecule has 3 nitrogen and oxygen atoms in total. The Hall–Kier alpha value is -0.720. The van der Waals surface area contributed by atoms with Crippen LogP contribution in [0, 0.1) is 10.5 Å². The monoisotopic (exact) mass is 388 g/mol. The van der Waals surface area contributed by atoms with E-state index >= 15 is 0 Å². The summed E-state index contributed by atoms with van der Waals surface area (Å²) in [6, 6.07) is 9.93.